The van der Waals surface area contributed by atoms with Gasteiger partial charge >= 0.3 is 5.97 Å². The first-order valence-corrected chi connectivity index (χ1v) is 6.00. The van der Waals surface area contributed by atoms with Crippen molar-refractivity contribution in [3.8, 4) is 0 Å². The van der Waals surface area contributed by atoms with Crippen LogP contribution in [0.25, 0.3) is 11.1 Å². The van der Waals surface area contributed by atoms with Crippen LogP contribution in [0.3, 0.4) is 0 Å². The minimum Gasteiger partial charge on any atom is -0.462 e. The molecule has 4 heteroatoms. The first-order chi connectivity index (χ1) is 8.43. The van der Waals surface area contributed by atoms with Gasteiger partial charge in [0.2, 0.25) is 5.89 Å². The molecule has 0 aliphatic heterocycles. The Morgan fingerprint density at radius 3 is 2.72 bits per heavy atom. The van der Waals surface area contributed by atoms with Crippen LogP contribution >= 0.6 is 0 Å². The van der Waals surface area contributed by atoms with E-state index in [9.17, 15) is 4.79 Å². The Morgan fingerprint density at radius 1 is 1.39 bits per heavy atom. The molecule has 0 N–H and O–H groups in total. The van der Waals surface area contributed by atoms with E-state index in [0.29, 0.717) is 29.2 Å². The van der Waals surface area contributed by atoms with Crippen LogP contribution in [0.5, 0.6) is 0 Å². The minimum atomic E-state index is -0.364. The Bertz CT molecular complexity index is 578. The molecule has 1 heterocycles. The van der Waals surface area contributed by atoms with Crippen LogP contribution in [0.15, 0.2) is 22.6 Å². The number of ether oxygens (including phenoxy) is 1. The molecular weight excluding hydrogens is 230 g/mol. The summed E-state index contributed by atoms with van der Waals surface area (Å²) in [5.74, 6) is 0.256. The summed E-state index contributed by atoms with van der Waals surface area (Å²) < 4.78 is 10.7. The number of rotatable bonds is 2. The quantitative estimate of drug-likeness (QED) is 0.764. The Kier molecular flexibility index (Phi) is 3.11. The highest BCUT2D eigenvalue weighted by molar-refractivity contribution is 6.01. The third-order valence-corrected chi connectivity index (χ3v) is 2.56. The van der Waals surface area contributed by atoms with E-state index in [4.69, 9.17) is 9.15 Å². The number of fused-ring (bicyclic) bond motifs is 1. The second-order valence-electron chi connectivity index (χ2n) is 5.14. The van der Waals surface area contributed by atoms with Gasteiger partial charge in [-0.25, -0.2) is 9.78 Å². The largest absolute Gasteiger partial charge is 0.462 e. The summed E-state index contributed by atoms with van der Waals surface area (Å²) in [7, 11) is 0. The minimum absolute atomic E-state index is 0.190. The highest BCUT2D eigenvalue weighted by atomic mass is 16.5. The van der Waals surface area contributed by atoms with Gasteiger partial charge in [0.25, 0.3) is 0 Å². The molecule has 0 saturated carbocycles. The molecule has 4 nitrogen and oxygen atoms in total. The van der Waals surface area contributed by atoms with Crippen LogP contribution in [-0.2, 0) is 10.2 Å². The summed E-state index contributed by atoms with van der Waals surface area (Å²) in [4.78, 5) is 16.2. The number of benzene rings is 1. The topological polar surface area (TPSA) is 52.3 Å². The van der Waals surface area contributed by atoms with Crippen molar-refractivity contribution in [2.24, 2.45) is 0 Å². The summed E-state index contributed by atoms with van der Waals surface area (Å²) in [6.45, 7) is 8.17. The molecule has 0 spiro atoms. The normalized spacial score (nSPS) is 11.8. The van der Waals surface area contributed by atoms with Crippen molar-refractivity contribution in [1.82, 2.24) is 4.98 Å². The number of hydrogen-bond acceptors (Lipinski definition) is 4. The molecular formula is C14H17NO3. The second kappa shape index (κ2) is 4.44. The summed E-state index contributed by atoms with van der Waals surface area (Å²) in [5, 5.41) is 0. The van der Waals surface area contributed by atoms with Crippen molar-refractivity contribution in [3.05, 3.63) is 29.7 Å². The second-order valence-corrected chi connectivity index (χ2v) is 5.14. The molecule has 0 fully saturated rings. The van der Waals surface area contributed by atoms with Gasteiger partial charge in [0.15, 0.2) is 5.58 Å². The van der Waals surface area contributed by atoms with E-state index in [2.05, 4.69) is 4.98 Å². The molecule has 1 aromatic carbocycles. The highest BCUT2D eigenvalue weighted by Gasteiger charge is 2.23. The molecule has 0 unspecified atom stereocenters. The number of oxazole rings is 1. The number of carbonyl (C=O) groups excluding carboxylic acids is 1. The monoisotopic (exact) mass is 247 g/mol. The van der Waals surface area contributed by atoms with E-state index in [0.717, 1.165) is 0 Å². The standard InChI is InChI=1S/C14H17NO3/c1-5-17-12(16)9-7-6-8-10-11(9)15-13(18-10)14(2,3)4/h6-8H,5H2,1-4H3. The number of carbonyl (C=O) groups is 1. The van der Waals surface area contributed by atoms with Gasteiger partial charge in [-0.1, -0.05) is 26.8 Å². The summed E-state index contributed by atoms with van der Waals surface area (Å²) >= 11 is 0. The van der Waals surface area contributed by atoms with Crippen LogP contribution in [0.2, 0.25) is 0 Å². The Morgan fingerprint density at radius 2 is 2.11 bits per heavy atom. The fraction of sp³-hybridized carbons (Fsp3) is 0.429. The molecule has 0 aliphatic carbocycles. The van der Waals surface area contributed by atoms with Gasteiger partial charge < -0.3 is 9.15 Å². The van der Waals surface area contributed by atoms with Gasteiger partial charge in [-0.3, -0.25) is 0 Å². The summed E-state index contributed by atoms with van der Waals surface area (Å²) in [5.41, 5.74) is 1.45. The zero-order valence-corrected chi connectivity index (χ0v) is 11.1. The molecule has 0 atom stereocenters. The zero-order chi connectivity index (χ0) is 13.3. The van der Waals surface area contributed by atoms with E-state index >= 15 is 0 Å². The van der Waals surface area contributed by atoms with Gasteiger partial charge in [-0.2, -0.15) is 0 Å². The molecule has 0 aliphatic rings. The van der Waals surface area contributed by atoms with Crippen molar-refractivity contribution in [2.45, 2.75) is 33.1 Å². The fourth-order valence-electron chi connectivity index (χ4n) is 1.64. The van der Waals surface area contributed by atoms with Crippen molar-refractivity contribution in [1.29, 1.82) is 0 Å². The van der Waals surface area contributed by atoms with E-state index in [1.165, 1.54) is 0 Å². The van der Waals surface area contributed by atoms with E-state index in [1.54, 1.807) is 25.1 Å². The molecule has 96 valence electrons. The van der Waals surface area contributed by atoms with E-state index < -0.39 is 0 Å². The maximum Gasteiger partial charge on any atom is 0.340 e. The van der Waals surface area contributed by atoms with E-state index in [-0.39, 0.29) is 11.4 Å². The van der Waals surface area contributed by atoms with Crippen LogP contribution in [0.1, 0.15) is 43.9 Å². The first kappa shape index (κ1) is 12.6. The van der Waals surface area contributed by atoms with Gasteiger partial charge in [0.1, 0.15) is 5.52 Å². The van der Waals surface area contributed by atoms with Crippen molar-refractivity contribution in [3.63, 3.8) is 0 Å². The fourth-order valence-corrected chi connectivity index (χ4v) is 1.64. The lowest BCUT2D eigenvalue weighted by Crippen LogP contribution is -2.11. The van der Waals surface area contributed by atoms with Crippen molar-refractivity contribution < 1.29 is 13.9 Å². The van der Waals surface area contributed by atoms with Crippen molar-refractivity contribution in [2.75, 3.05) is 6.61 Å². The third-order valence-electron chi connectivity index (χ3n) is 2.56. The molecule has 1 aromatic heterocycles. The van der Waals surface area contributed by atoms with Crippen LogP contribution in [0.4, 0.5) is 0 Å². The lowest BCUT2D eigenvalue weighted by atomic mass is 9.97. The summed E-state index contributed by atoms with van der Waals surface area (Å²) in [6, 6.07) is 5.28. The molecule has 2 aromatic rings. The smallest absolute Gasteiger partial charge is 0.340 e. The lowest BCUT2D eigenvalue weighted by molar-refractivity contribution is 0.0528. The molecule has 0 radical (unpaired) electrons. The molecule has 0 saturated heterocycles. The van der Waals surface area contributed by atoms with Crippen LogP contribution in [0, 0.1) is 0 Å². The highest BCUT2D eigenvalue weighted by Crippen LogP contribution is 2.27. The number of aromatic nitrogens is 1. The number of hydrogen-bond donors (Lipinski definition) is 0. The average molecular weight is 247 g/mol. The number of esters is 1. The third kappa shape index (κ3) is 2.23. The Balaban J connectivity index is 2.56. The van der Waals surface area contributed by atoms with Crippen molar-refractivity contribution >= 4 is 17.1 Å². The maximum atomic E-state index is 11.8. The zero-order valence-electron chi connectivity index (χ0n) is 11.1. The molecule has 0 amide bonds. The van der Waals surface area contributed by atoms with Gasteiger partial charge in [-0.15, -0.1) is 0 Å². The van der Waals surface area contributed by atoms with Crippen LogP contribution in [-0.4, -0.2) is 17.6 Å². The van der Waals surface area contributed by atoms with Gasteiger partial charge in [0, 0.05) is 5.41 Å². The number of para-hydroxylation sites is 1. The average Bonchev–Trinajstić information content (AvgIpc) is 2.72. The Hall–Kier alpha value is -1.84. The summed E-state index contributed by atoms with van der Waals surface area (Å²) in [6.07, 6.45) is 0. The predicted molar refractivity (Wildman–Crippen MR) is 68.7 cm³/mol. The van der Waals surface area contributed by atoms with E-state index in [1.807, 2.05) is 20.8 Å². The van der Waals surface area contributed by atoms with Crippen LogP contribution < -0.4 is 0 Å². The predicted octanol–water partition coefficient (Wildman–Crippen LogP) is 3.30. The first-order valence-electron chi connectivity index (χ1n) is 6.00. The lowest BCUT2D eigenvalue weighted by Gasteiger charge is -2.11. The number of nitrogens with zero attached hydrogens (tertiary/aromatic N) is 1. The maximum absolute atomic E-state index is 11.8. The molecule has 0 bridgehead atoms. The van der Waals surface area contributed by atoms with Gasteiger partial charge in [0.05, 0.1) is 12.2 Å². The SMILES string of the molecule is CCOC(=O)c1cccc2oc(C(C)(C)C)nc12. The Labute approximate surface area is 106 Å². The van der Waals surface area contributed by atoms with Gasteiger partial charge in [-0.05, 0) is 19.1 Å². The molecule has 2 rings (SSSR count). The molecule has 18 heavy (non-hydrogen) atoms.